The lowest BCUT2D eigenvalue weighted by atomic mass is 10.2. The monoisotopic (exact) mass is 311 g/mol. The van der Waals surface area contributed by atoms with Gasteiger partial charge in [0.15, 0.2) is 0 Å². The summed E-state index contributed by atoms with van der Waals surface area (Å²) in [7, 11) is 0. The molecule has 3 rings (SSSR count). The van der Waals surface area contributed by atoms with Gasteiger partial charge in [-0.05, 0) is 44.0 Å². The van der Waals surface area contributed by atoms with E-state index in [1.807, 2.05) is 37.3 Å². The quantitative estimate of drug-likeness (QED) is 0.920. The summed E-state index contributed by atoms with van der Waals surface area (Å²) in [6, 6.07) is 11.1. The Morgan fingerprint density at radius 3 is 2.70 bits per heavy atom. The molecule has 0 radical (unpaired) electrons. The van der Waals surface area contributed by atoms with Crippen molar-refractivity contribution in [2.75, 3.05) is 29.9 Å². The maximum absolute atomic E-state index is 12.4. The highest BCUT2D eigenvalue weighted by Crippen LogP contribution is 2.24. The summed E-state index contributed by atoms with van der Waals surface area (Å²) >= 11 is 0. The lowest BCUT2D eigenvalue weighted by Crippen LogP contribution is -2.19. The van der Waals surface area contributed by atoms with Gasteiger partial charge in [-0.15, -0.1) is 0 Å². The van der Waals surface area contributed by atoms with E-state index in [-0.39, 0.29) is 5.91 Å². The van der Waals surface area contributed by atoms with Crippen molar-refractivity contribution < 1.29 is 9.53 Å². The molecule has 1 aromatic heterocycles. The molecule has 0 bridgehead atoms. The van der Waals surface area contributed by atoms with Gasteiger partial charge in [0.1, 0.15) is 11.4 Å². The smallest absolute Gasteiger partial charge is 0.274 e. The van der Waals surface area contributed by atoms with Crippen LogP contribution >= 0.6 is 0 Å². The Bertz CT molecular complexity index is 664. The molecule has 0 unspecified atom stereocenters. The second-order valence-electron chi connectivity index (χ2n) is 5.48. The number of carbonyl (C=O) groups is 1. The van der Waals surface area contributed by atoms with Crippen LogP contribution in [0.4, 0.5) is 11.4 Å². The van der Waals surface area contributed by atoms with Crippen LogP contribution in [-0.4, -0.2) is 30.6 Å². The van der Waals surface area contributed by atoms with Gasteiger partial charge in [-0.1, -0.05) is 12.1 Å². The number of amides is 1. The molecule has 2 aromatic rings. The first-order valence-electron chi connectivity index (χ1n) is 8.02. The van der Waals surface area contributed by atoms with Gasteiger partial charge in [-0.3, -0.25) is 4.79 Å². The Hall–Kier alpha value is -2.56. The van der Waals surface area contributed by atoms with Crippen LogP contribution < -0.4 is 15.0 Å². The molecule has 1 aliphatic heterocycles. The summed E-state index contributed by atoms with van der Waals surface area (Å²) in [6.07, 6.45) is 4.21. The van der Waals surface area contributed by atoms with Gasteiger partial charge >= 0.3 is 0 Å². The average molecular weight is 311 g/mol. The fraction of sp³-hybridized carbons (Fsp3) is 0.333. The van der Waals surface area contributed by atoms with Crippen LogP contribution in [0, 0.1) is 0 Å². The highest BCUT2D eigenvalue weighted by atomic mass is 16.5. The summed E-state index contributed by atoms with van der Waals surface area (Å²) in [5.41, 5.74) is 2.14. The van der Waals surface area contributed by atoms with Crippen LogP contribution in [0.1, 0.15) is 30.3 Å². The van der Waals surface area contributed by atoms with Crippen molar-refractivity contribution in [3.63, 3.8) is 0 Å². The lowest BCUT2D eigenvalue weighted by molar-refractivity contribution is 0.102. The summed E-state index contributed by atoms with van der Waals surface area (Å²) in [6.45, 7) is 4.59. The number of hydrogen-bond acceptors (Lipinski definition) is 4. The highest BCUT2D eigenvalue weighted by Gasteiger charge is 2.14. The zero-order valence-corrected chi connectivity index (χ0v) is 13.3. The van der Waals surface area contributed by atoms with Crippen molar-refractivity contribution in [1.82, 2.24) is 4.98 Å². The summed E-state index contributed by atoms with van der Waals surface area (Å²) in [5.74, 6) is 0.433. The second-order valence-corrected chi connectivity index (χ2v) is 5.48. The summed E-state index contributed by atoms with van der Waals surface area (Å²) in [4.78, 5) is 19.0. The van der Waals surface area contributed by atoms with E-state index in [2.05, 4.69) is 15.2 Å². The van der Waals surface area contributed by atoms with Crippen LogP contribution in [0.2, 0.25) is 0 Å². The van der Waals surface area contributed by atoms with E-state index in [4.69, 9.17) is 4.74 Å². The van der Waals surface area contributed by atoms with Crippen LogP contribution in [0.25, 0.3) is 0 Å². The second kappa shape index (κ2) is 7.13. The minimum Gasteiger partial charge on any atom is -0.492 e. The van der Waals surface area contributed by atoms with Gasteiger partial charge in [-0.2, -0.15) is 0 Å². The average Bonchev–Trinajstić information content (AvgIpc) is 3.11. The van der Waals surface area contributed by atoms with Crippen molar-refractivity contribution in [1.29, 1.82) is 0 Å². The SMILES string of the molecule is CCOc1ccccc1NC(=O)c1ccc(N2CCCC2)cn1. The molecule has 1 aliphatic rings. The first kappa shape index (κ1) is 15.3. The first-order valence-corrected chi connectivity index (χ1v) is 8.02. The molecule has 1 N–H and O–H groups in total. The van der Waals surface area contributed by atoms with E-state index in [0.29, 0.717) is 23.7 Å². The minimum absolute atomic E-state index is 0.231. The number of rotatable bonds is 5. The maximum Gasteiger partial charge on any atom is 0.274 e. The number of anilines is 2. The first-order chi connectivity index (χ1) is 11.3. The molecule has 0 spiro atoms. The third kappa shape index (κ3) is 3.62. The van der Waals surface area contributed by atoms with Crippen molar-refractivity contribution in [3.05, 3.63) is 48.3 Å². The van der Waals surface area contributed by atoms with E-state index in [9.17, 15) is 4.79 Å². The van der Waals surface area contributed by atoms with Gasteiger partial charge in [0.25, 0.3) is 5.91 Å². The third-order valence-corrected chi connectivity index (χ3v) is 3.89. The van der Waals surface area contributed by atoms with Gasteiger partial charge in [-0.25, -0.2) is 4.98 Å². The van der Waals surface area contributed by atoms with Gasteiger partial charge in [0, 0.05) is 13.1 Å². The number of benzene rings is 1. The minimum atomic E-state index is -0.231. The number of nitrogens with one attached hydrogen (secondary N) is 1. The molecule has 5 heteroatoms. The van der Waals surface area contributed by atoms with Gasteiger partial charge in [0.05, 0.1) is 24.2 Å². The molecule has 5 nitrogen and oxygen atoms in total. The Labute approximate surface area is 136 Å². The molecule has 120 valence electrons. The van der Waals surface area contributed by atoms with Crippen molar-refractivity contribution in [2.24, 2.45) is 0 Å². The third-order valence-electron chi connectivity index (χ3n) is 3.89. The molecule has 23 heavy (non-hydrogen) atoms. The fourth-order valence-corrected chi connectivity index (χ4v) is 2.72. The Morgan fingerprint density at radius 1 is 1.22 bits per heavy atom. The number of carbonyl (C=O) groups excluding carboxylic acids is 1. The molecule has 0 saturated carbocycles. The van der Waals surface area contributed by atoms with Crippen molar-refractivity contribution in [3.8, 4) is 5.75 Å². The standard InChI is InChI=1S/C18H21N3O2/c1-2-23-17-8-4-3-7-15(17)20-18(22)16-10-9-14(13-19-16)21-11-5-6-12-21/h3-4,7-10,13H,2,5-6,11-12H2,1H3,(H,20,22). The summed E-state index contributed by atoms with van der Waals surface area (Å²) < 4.78 is 5.52. The molecule has 2 heterocycles. The topological polar surface area (TPSA) is 54.5 Å². The van der Waals surface area contributed by atoms with E-state index in [1.54, 1.807) is 12.3 Å². The zero-order chi connectivity index (χ0) is 16.1. The van der Waals surface area contributed by atoms with Crippen LogP contribution in [0.15, 0.2) is 42.6 Å². The van der Waals surface area contributed by atoms with E-state index < -0.39 is 0 Å². The Balaban J connectivity index is 1.71. The van der Waals surface area contributed by atoms with E-state index in [1.165, 1.54) is 12.8 Å². The number of nitrogens with zero attached hydrogens (tertiary/aromatic N) is 2. The zero-order valence-electron chi connectivity index (χ0n) is 13.3. The number of aromatic nitrogens is 1. The van der Waals surface area contributed by atoms with E-state index in [0.717, 1.165) is 18.8 Å². The maximum atomic E-state index is 12.4. The van der Waals surface area contributed by atoms with Gasteiger partial charge < -0.3 is 15.0 Å². The van der Waals surface area contributed by atoms with Crippen molar-refractivity contribution >= 4 is 17.3 Å². The number of ether oxygens (including phenoxy) is 1. The highest BCUT2D eigenvalue weighted by molar-refractivity contribution is 6.03. The van der Waals surface area contributed by atoms with Crippen LogP contribution in [0.5, 0.6) is 5.75 Å². The molecule has 0 atom stereocenters. The molecule has 1 saturated heterocycles. The van der Waals surface area contributed by atoms with E-state index >= 15 is 0 Å². The molecular weight excluding hydrogens is 290 g/mol. The van der Waals surface area contributed by atoms with Gasteiger partial charge in [0.2, 0.25) is 0 Å². The molecule has 0 aliphatic carbocycles. The predicted molar refractivity (Wildman–Crippen MR) is 91.2 cm³/mol. The Morgan fingerprint density at radius 2 is 2.00 bits per heavy atom. The largest absolute Gasteiger partial charge is 0.492 e. The van der Waals surface area contributed by atoms with Crippen LogP contribution in [-0.2, 0) is 0 Å². The lowest BCUT2D eigenvalue weighted by Gasteiger charge is -2.17. The normalized spacial score (nSPS) is 13.9. The summed E-state index contributed by atoms with van der Waals surface area (Å²) in [5, 5.41) is 2.86. The fourth-order valence-electron chi connectivity index (χ4n) is 2.72. The van der Waals surface area contributed by atoms with Crippen molar-refractivity contribution in [2.45, 2.75) is 19.8 Å². The predicted octanol–water partition coefficient (Wildman–Crippen LogP) is 3.33. The molecule has 1 aromatic carbocycles. The molecule has 1 fully saturated rings. The molecular formula is C18H21N3O2. The Kier molecular flexibility index (Phi) is 4.76. The molecule has 1 amide bonds. The van der Waals surface area contributed by atoms with Crippen LogP contribution in [0.3, 0.4) is 0 Å². The number of hydrogen-bond donors (Lipinski definition) is 1. The number of pyridine rings is 1. The number of para-hydroxylation sites is 2.